The summed E-state index contributed by atoms with van der Waals surface area (Å²) in [6.45, 7) is 0. The summed E-state index contributed by atoms with van der Waals surface area (Å²) in [7, 11) is 1.29. The van der Waals surface area contributed by atoms with E-state index in [9.17, 15) is 9.59 Å². The Hall–Kier alpha value is -2.34. The molecular weight excluding hydrogens is 336 g/mol. The van der Waals surface area contributed by atoms with Crippen LogP contribution < -0.4 is 11.1 Å². The molecule has 0 aromatic heterocycles. The van der Waals surface area contributed by atoms with E-state index >= 15 is 0 Å². The number of ether oxygens (including phenoxy) is 1. The number of esters is 1. The lowest BCUT2D eigenvalue weighted by Crippen LogP contribution is -2.15. The number of hydrogen-bond acceptors (Lipinski definition) is 4. The van der Waals surface area contributed by atoms with Crippen molar-refractivity contribution < 1.29 is 14.3 Å². The topological polar surface area (TPSA) is 81.4 Å². The molecule has 0 atom stereocenters. The number of methoxy groups -OCH3 is 1. The largest absolute Gasteiger partial charge is 0.465 e. The first kappa shape index (κ1) is 15.1. The Kier molecular flexibility index (Phi) is 4.59. The fraction of sp³-hybridized carbons (Fsp3) is 0.0667. The number of carbonyl (C=O) groups excluding carboxylic acids is 2. The van der Waals surface area contributed by atoms with Gasteiger partial charge in [-0.2, -0.15) is 0 Å². The van der Waals surface area contributed by atoms with Crippen molar-refractivity contribution in [1.82, 2.24) is 0 Å². The van der Waals surface area contributed by atoms with E-state index in [4.69, 9.17) is 5.73 Å². The summed E-state index contributed by atoms with van der Waals surface area (Å²) in [5, 5.41) is 2.69. The summed E-state index contributed by atoms with van der Waals surface area (Å²) < 4.78 is 5.32. The molecule has 0 aliphatic heterocycles. The van der Waals surface area contributed by atoms with Gasteiger partial charge in [-0.3, -0.25) is 4.79 Å². The molecule has 0 saturated carbocycles. The van der Waals surface area contributed by atoms with Gasteiger partial charge in [-0.05, 0) is 46.3 Å². The van der Waals surface area contributed by atoms with Crippen molar-refractivity contribution in [2.45, 2.75) is 0 Å². The highest BCUT2D eigenvalue weighted by Crippen LogP contribution is 2.22. The summed E-state index contributed by atoms with van der Waals surface area (Å²) in [5.41, 5.74) is 7.34. The molecular formula is C15H13BrN2O3. The Balaban J connectivity index is 2.27. The van der Waals surface area contributed by atoms with Gasteiger partial charge in [-0.15, -0.1) is 0 Å². The molecule has 0 unspecified atom stereocenters. The van der Waals surface area contributed by atoms with Gasteiger partial charge in [0.05, 0.1) is 18.4 Å². The molecule has 6 heteroatoms. The highest BCUT2D eigenvalue weighted by Gasteiger charge is 2.14. The van der Waals surface area contributed by atoms with Crippen LogP contribution in [0.2, 0.25) is 0 Å². The van der Waals surface area contributed by atoms with Crippen molar-refractivity contribution in [3.05, 3.63) is 58.1 Å². The molecule has 1 amide bonds. The first-order valence-electron chi connectivity index (χ1n) is 6.06. The Labute approximate surface area is 130 Å². The van der Waals surface area contributed by atoms with Crippen LogP contribution in [0.1, 0.15) is 20.7 Å². The first-order valence-corrected chi connectivity index (χ1v) is 6.86. The molecule has 21 heavy (non-hydrogen) atoms. The zero-order chi connectivity index (χ0) is 15.4. The van der Waals surface area contributed by atoms with Crippen LogP contribution in [0.15, 0.2) is 46.9 Å². The molecule has 0 spiro atoms. The fourth-order valence-electron chi connectivity index (χ4n) is 1.74. The number of nitrogen functional groups attached to an aromatic ring is 1. The van der Waals surface area contributed by atoms with Gasteiger partial charge in [0.25, 0.3) is 5.91 Å². The number of para-hydroxylation sites is 1. The molecule has 0 aliphatic carbocycles. The third kappa shape index (κ3) is 3.41. The second kappa shape index (κ2) is 6.41. The van der Waals surface area contributed by atoms with Crippen molar-refractivity contribution in [2.24, 2.45) is 0 Å². The van der Waals surface area contributed by atoms with Gasteiger partial charge in [-0.25, -0.2) is 4.79 Å². The van der Waals surface area contributed by atoms with Crippen molar-refractivity contribution >= 4 is 39.2 Å². The Morgan fingerprint density at radius 3 is 2.57 bits per heavy atom. The van der Waals surface area contributed by atoms with Gasteiger partial charge in [-0.1, -0.05) is 12.1 Å². The van der Waals surface area contributed by atoms with Gasteiger partial charge in [0.2, 0.25) is 0 Å². The maximum absolute atomic E-state index is 12.2. The summed E-state index contributed by atoms with van der Waals surface area (Å²) in [6, 6.07) is 11.5. The predicted molar refractivity (Wildman–Crippen MR) is 84.3 cm³/mol. The highest BCUT2D eigenvalue weighted by atomic mass is 79.9. The van der Waals surface area contributed by atoms with Crippen molar-refractivity contribution in [3.8, 4) is 0 Å². The summed E-state index contributed by atoms with van der Waals surface area (Å²) in [4.78, 5) is 23.9. The number of amides is 1. The lowest BCUT2D eigenvalue weighted by atomic mass is 10.1. The van der Waals surface area contributed by atoms with Crippen LogP contribution in [0, 0.1) is 0 Å². The summed E-state index contributed by atoms with van der Waals surface area (Å²) >= 11 is 3.27. The van der Waals surface area contributed by atoms with Crippen molar-refractivity contribution in [3.63, 3.8) is 0 Å². The van der Waals surface area contributed by atoms with Crippen molar-refractivity contribution in [1.29, 1.82) is 0 Å². The van der Waals surface area contributed by atoms with Gasteiger partial charge in [0.15, 0.2) is 0 Å². The van der Waals surface area contributed by atoms with E-state index in [0.717, 1.165) is 0 Å². The molecule has 2 rings (SSSR count). The van der Waals surface area contributed by atoms with Gasteiger partial charge < -0.3 is 15.8 Å². The van der Waals surface area contributed by atoms with Crippen LogP contribution in [0.3, 0.4) is 0 Å². The number of nitrogens with two attached hydrogens (primary N) is 1. The molecule has 0 bridgehead atoms. The second-order valence-electron chi connectivity index (χ2n) is 4.23. The molecule has 108 valence electrons. The Morgan fingerprint density at radius 1 is 1.19 bits per heavy atom. The quantitative estimate of drug-likeness (QED) is 0.659. The van der Waals surface area contributed by atoms with E-state index in [1.165, 1.54) is 7.11 Å². The number of halogens is 1. The standard InChI is InChI=1S/C15H13BrN2O3/c1-21-15(20)10-4-2-3-5-13(10)18-14(19)9-6-7-12(17)11(16)8-9/h2-8H,17H2,1H3,(H,18,19). The minimum atomic E-state index is -0.510. The van der Waals surface area contributed by atoms with Crippen LogP contribution in [-0.4, -0.2) is 19.0 Å². The molecule has 0 aliphatic rings. The van der Waals surface area contributed by atoms with Crippen LogP contribution >= 0.6 is 15.9 Å². The van der Waals surface area contributed by atoms with E-state index < -0.39 is 5.97 Å². The number of nitrogens with one attached hydrogen (secondary N) is 1. The summed E-state index contributed by atoms with van der Waals surface area (Å²) in [5.74, 6) is -0.851. The van der Waals surface area contributed by atoms with Gasteiger partial charge >= 0.3 is 5.97 Å². The maximum atomic E-state index is 12.2. The van der Waals surface area contributed by atoms with Crippen LogP contribution in [0.4, 0.5) is 11.4 Å². The smallest absolute Gasteiger partial charge is 0.339 e. The Bertz CT molecular complexity index is 701. The molecule has 0 heterocycles. The molecule has 0 fully saturated rings. The zero-order valence-corrected chi connectivity index (χ0v) is 12.8. The van der Waals surface area contributed by atoms with Crippen LogP contribution in [0.25, 0.3) is 0 Å². The second-order valence-corrected chi connectivity index (χ2v) is 5.08. The number of carbonyl (C=O) groups is 2. The monoisotopic (exact) mass is 348 g/mol. The average molecular weight is 349 g/mol. The number of anilines is 2. The molecule has 3 N–H and O–H groups in total. The maximum Gasteiger partial charge on any atom is 0.339 e. The van der Waals surface area contributed by atoms with Crippen LogP contribution in [0.5, 0.6) is 0 Å². The minimum Gasteiger partial charge on any atom is -0.465 e. The van der Waals surface area contributed by atoms with E-state index in [2.05, 4.69) is 26.0 Å². The van der Waals surface area contributed by atoms with E-state index in [0.29, 0.717) is 27.0 Å². The molecule has 0 saturated heterocycles. The predicted octanol–water partition coefficient (Wildman–Crippen LogP) is 3.07. The SMILES string of the molecule is COC(=O)c1ccccc1NC(=O)c1ccc(N)c(Br)c1. The Morgan fingerprint density at radius 2 is 1.90 bits per heavy atom. The number of rotatable bonds is 3. The van der Waals surface area contributed by atoms with E-state index in [1.807, 2.05) is 0 Å². The third-order valence-corrected chi connectivity index (χ3v) is 3.53. The lowest BCUT2D eigenvalue weighted by molar-refractivity contribution is 0.0602. The van der Waals surface area contributed by atoms with E-state index in [-0.39, 0.29) is 5.91 Å². The average Bonchev–Trinajstić information content (AvgIpc) is 2.49. The normalized spacial score (nSPS) is 10.0. The number of benzene rings is 2. The molecule has 0 radical (unpaired) electrons. The fourth-order valence-corrected chi connectivity index (χ4v) is 2.12. The van der Waals surface area contributed by atoms with Gasteiger partial charge in [0, 0.05) is 15.7 Å². The molecule has 2 aromatic rings. The summed E-state index contributed by atoms with van der Waals surface area (Å²) in [6.07, 6.45) is 0. The molecule has 5 nitrogen and oxygen atoms in total. The molecule has 2 aromatic carbocycles. The van der Waals surface area contributed by atoms with E-state index in [1.54, 1.807) is 42.5 Å². The van der Waals surface area contributed by atoms with Crippen LogP contribution in [-0.2, 0) is 4.74 Å². The zero-order valence-electron chi connectivity index (χ0n) is 11.2. The first-order chi connectivity index (χ1) is 10.0. The van der Waals surface area contributed by atoms with Gasteiger partial charge in [0.1, 0.15) is 0 Å². The minimum absolute atomic E-state index is 0.294. The third-order valence-electron chi connectivity index (χ3n) is 2.84. The highest BCUT2D eigenvalue weighted by molar-refractivity contribution is 9.10. The number of hydrogen-bond donors (Lipinski definition) is 2. The van der Waals surface area contributed by atoms with Crippen molar-refractivity contribution in [2.75, 3.05) is 18.2 Å². The lowest BCUT2D eigenvalue weighted by Gasteiger charge is -2.10.